The minimum Gasteiger partial charge on any atom is -0.454 e. The van der Waals surface area contributed by atoms with Crippen LogP contribution in [0.15, 0.2) is 42.5 Å². The van der Waals surface area contributed by atoms with E-state index in [4.69, 9.17) is 14.2 Å². The quantitative estimate of drug-likeness (QED) is 0.673. The molecule has 0 aliphatic carbocycles. The minimum atomic E-state index is -0.653. The van der Waals surface area contributed by atoms with Crippen molar-refractivity contribution in [1.29, 1.82) is 0 Å². The molecular formula is C22H28FNO4. The number of halogens is 1. The predicted octanol–water partition coefficient (Wildman–Crippen LogP) is 3.59. The van der Waals surface area contributed by atoms with Gasteiger partial charge in [0.1, 0.15) is 5.82 Å². The van der Waals surface area contributed by atoms with Crippen molar-refractivity contribution >= 4 is 0 Å². The lowest BCUT2D eigenvalue weighted by atomic mass is 10.1. The topological polar surface area (TPSA) is 51.2 Å². The highest BCUT2D eigenvalue weighted by Gasteiger charge is 2.18. The number of fused-ring (bicyclic) bond motifs is 1. The fraction of sp³-hybridized carbons (Fsp3) is 0.455. The zero-order valence-electron chi connectivity index (χ0n) is 16.4. The lowest BCUT2D eigenvalue weighted by Gasteiger charge is -2.26. The van der Waals surface area contributed by atoms with Crippen LogP contribution < -0.4 is 9.47 Å². The highest BCUT2D eigenvalue weighted by Crippen LogP contribution is 2.33. The van der Waals surface area contributed by atoms with E-state index >= 15 is 0 Å². The number of hydrogen-bond acceptors (Lipinski definition) is 5. The van der Waals surface area contributed by atoms with Gasteiger partial charge in [-0.25, -0.2) is 4.39 Å². The van der Waals surface area contributed by atoms with Crippen molar-refractivity contribution in [3.8, 4) is 11.5 Å². The molecule has 0 radical (unpaired) electrons. The first kappa shape index (κ1) is 20.6. The highest BCUT2D eigenvalue weighted by atomic mass is 19.1. The van der Waals surface area contributed by atoms with Crippen molar-refractivity contribution in [2.45, 2.75) is 33.0 Å². The van der Waals surface area contributed by atoms with Crippen LogP contribution in [-0.2, 0) is 17.8 Å². The Labute approximate surface area is 165 Å². The van der Waals surface area contributed by atoms with E-state index in [-0.39, 0.29) is 19.2 Å². The SMILES string of the molecule is CC(C)COC[C@@H](O)CN(Cc1ccc2c(c1)OCO2)Cc1ccccc1F. The summed E-state index contributed by atoms with van der Waals surface area (Å²) in [4.78, 5) is 2.01. The molecule has 0 saturated carbocycles. The van der Waals surface area contributed by atoms with Crippen LogP contribution in [0, 0.1) is 11.7 Å². The smallest absolute Gasteiger partial charge is 0.231 e. The van der Waals surface area contributed by atoms with E-state index in [0.29, 0.717) is 43.5 Å². The highest BCUT2D eigenvalue weighted by molar-refractivity contribution is 5.44. The number of ether oxygens (including phenoxy) is 3. The molecule has 2 aromatic carbocycles. The van der Waals surface area contributed by atoms with Gasteiger partial charge in [0.2, 0.25) is 6.79 Å². The number of rotatable bonds is 10. The third kappa shape index (κ3) is 5.92. The van der Waals surface area contributed by atoms with Gasteiger partial charge < -0.3 is 19.3 Å². The van der Waals surface area contributed by atoms with Crippen LogP contribution in [0.5, 0.6) is 11.5 Å². The van der Waals surface area contributed by atoms with Crippen LogP contribution in [-0.4, -0.2) is 42.7 Å². The summed E-state index contributed by atoms with van der Waals surface area (Å²) in [5, 5.41) is 10.4. The van der Waals surface area contributed by atoms with E-state index in [2.05, 4.69) is 13.8 Å². The van der Waals surface area contributed by atoms with Gasteiger partial charge in [-0.15, -0.1) is 0 Å². The van der Waals surface area contributed by atoms with E-state index < -0.39 is 6.10 Å². The zero-order valence-corrected chi connectivity index (χ0v) is 16.4. The molecule has 0 unspecified atom stereocenters. The Morgan fingerprint density at radius 2 is 1.86 bits per heavy atom. The summed E-state index contributed by atoms with van der Waals surface area (Å²) < 4.78 is 30.5. The lowest BCUT2D eigenvalue weighted by molar-refractivity contribution is 0.00539. The van der Waals surface area contributed by atoms with Crippen molar-refractivity contribution < 1.29 is 23.7 Å². The molecule has 3 rings (SSSR count). The first-order valence-electron chi connectivity index (χ1n) is 9.61. The average Bonchev–Trinajstić information content (AvgIpc) is 3.11. The first-order valence-corrected chi connectivity index (χ1v) is 9.61. The average molecular weight is 389 g/mol. The lowest BCUT2D eigenvalue weighted by Crippen LogP contribution is -2.34. The fourth-order valence-corrected chi connectivity index (χ4v) is 3.14. The van der Waals surface area contributed by atoms with Crippen LogP contribution in [0.3, 0.4) is 0 Å². The summed E-state index contributed by atoms with van der Waals surface area (Å²) in [5.74, 6) is 1.61. The van der Waals surface area contributed by atoms with Crippen LogP contribution in [0.2, 0.25) is 0 Å². The second kappa shape index (κ2) is 9.87. The van der Waals surface area contributed by atoms with Crippen LogP contribution in [0.1, 0.15) is 25.0 Å². The number of hydrogen-bond donors (Lipinski definition) is 1. The van der Waals surface area contributed by atoms with Crippen LogP contribution in [0.4, 0.5) is 4.39 Å². The molecule has 1 atom stereocenters. The summed E-state index contributed by atoms with van der Waals surface area (Å²) in [6.07, 6.45) is -0.653. The standard InChI is InChI=1S/C22H28FNO4/c1-16(2)13-26-14-19(25)12-24(11-18-5-3-4-6-20(18)23)10-17-7-8-21-22(9-17)28-15-27-21/h3-9,16,19,25H,10-15H2,1-2H3/t19-/m0/s1. The Kier molecular flexibility index (Phi) is 7.25. The van der Waals surface area contributed by atoms with Crippen LogP contribution >= 0.6 is 0 Å². The van der Waals surface area contributed by atoms with Crippen molar-refractivity contribution in [3.05, 3.63) is 59.4 Å². The molecule has 1 heterocycles. The molecule has 152 valence electrons. The maximum Gasteiger partial charge on any atom is 0.231 e. The largest absolute Gasteiger partial charge is 0.454 e. The van der Waals surface area contributed by atoms with Crippen molar-refractivity contribution in [3.63, 3.8) is 0 Å². The maximum atomic E-state index is 14.1. The Morgan fingerprint density at radius 3 is 2.64 bits per heavy atom. The molecular weight excluding hydrogens is 361 g/mol. The summed E-state index contributed by atoms with van der Waals surface area (Å²) in [6.45, 7) is 6.53. The number of benzene rings is 2. The van der Waals surface area contributed by atoms with Crippen molar-refractivity contribution in [1.82, 2.24) is 4.90 Å². The van der Waals surface area contributed by atoms with Gasteiger partial charge in [0.15, 0.2) is 11.5 Å². The first-order chi connectivity index (χ1) is 13.5. The summed E-state index contributed by atoms with van der Waals surface area (Å²) in [6, 6.07) is 12.5. The fourth-order valence-electron chi connectivity index (χ4n) is 3.14. The molecule has 6 heteroatoms. The zero-order chi connectivity index (χ0) is 19.9. The van der Waals surface area contributed by atoms with Gasteiger partial charge in [0, 0.05) is 31.8 Å². The third-order valence-electron chi connectivity index (χ3n) is 4.43. The molecule has 2 aromatic rings. The summed E-state index contributed by atoms with van der Waals surface area (Å²) >= 11 is 0. The maximum absolute atomic E-state index is 14.1. The van der Waals surface area contributed by atoms with E-state index in [9.17, 15) is 9.50 Å². The number of aliphatic hydroxyl groups excluding tert-OH is 1. The molecule has 1 aliphatic heterocycles. The molecule has 0 bridgehead atoms. The molecule has 0 aromatic heterocycles. The van der Waals surface area contributed by atoms with Gasteiger partial charge in [0.05, 0.1) is 12.7 Å². The molecule has 0 saturated heterocycles. The number of nitrogens with zero attached hydrogens (tertiary/aromatic N) is 1. The van der Waals surface area contributed by atoms with Crippen molar-refractivity contribution in [2.24, 2.45) is 5.92 Å². The Balaban J connectivity index is 1.67. The molecule has 1 aliphatic rings. The van der Waals surface area contributed by atoms with E-state index in [1.54, 1.807) is 12.1 Å². The van der Waals surface area contributed by atoms with Gasteiger partial charge in [-0.1, -0.05) is 38.1 Å². The van der Waals surface area contributed by atoms with Crippen molar-refractivity contribution in [2.75, 3.05) is 26.6 Å². The van der Waals surface area contributed by atoms with E-state index in [1.807, 2.05) is 29.2 Å². The molecule has 5 nitrogen and oxygen atoms in total. The van der Waals surface area contributed by atoms with E-state index in [1.165, 1.54) is 6.07 Å². The number of aliphatic hydroxyl groups is 1. The predicted molar refractivity (Wildman–Crippen MR) is 105 cm³/mol. The second-order valence-electron chi connectivity index (χ2n) is 7.53. The van der Waals surface area contributed by atoms with E-state index in [0.717, 1.165) is 11.3 Å². The van der Waals surface area contributed by atoms with Gasteiger partial charge >= 0.3 is 0 Å². The second-order valence-corrected chi connectivity index (χ2v) is 7.53. The van der Waals surface area contributed by atoms with Gasteiger partial charge in [-0.3, -0.25) is 4.90 Å². The molecule has 0 fully saturated rings. The Morgan fingerprint density at radius 1 is 1.07 bits per heavy atom. The Hall–Kier alpha value is -2.15. The molecule has 1 N–H and O–H groups in total. The molecule has 0 spiro atoms. The monoisotopic (exact) mass is 389 g/mol. The van der Waals surface area contributed by atoms with Gasteiger partial charge in [-0.2, -0.15) is 0 Å². The minimum absolute atomic E-state index is 0.226. The normalized spacial score (nSPS) is 14.1. The molecule has 0 amide bonds. The Bertz CT molecular complexity index is 768. The summed E-state index contributed by atoms with van der Waals surface area (Å²) in [5.41, 5.74) is 1.61. The molecule has 28 heavy (non-hydrogen) atoms. The van der Waals surface area contributed by atoms with Gasteiger partial charge in [-0.05, 0) is 29.7 Å². The summed E-state index contributed by atoms with van der Waals surface area (Å²) in [7, 11) is 0. The van der Waals surface area contributed by atoms with Crippen LogP contribution in [0.25, 0.3) is 0 Å². The van der Waals surface area contributed by atoms with Gasteiger partial charge in [0.25, 0.3) is 0 Å². The third-order valence-corrected chi connectivity index (χ3v) is 4.43.